The van der Waals surface area contributed by atoms with Crippen LogP contribution in [0.25, 0.3) is 10.2 Å². The zero-order chi connectivity index (χ0) is 19.6. The molecule has 0 saturated carbocycles. The molecule has 2 heterocycles. The van der Waals surface area contributed by atoms with Gasteiger partial charge in [0.2, 0.25) is 5.76 Å². The number of likely N-dealkylation sites (N-methyl/N-ethyl adjacent to an activating group) is 1. The maximum absolute atomic E-state index is 13.1. The number of benzene rings is 1. The summed E-state index contributed by atoms with van der Waals surface area (Å²) in [4.78, 5) is 21.9. The molecule has 0 spiro atoms. The largest absolute Gasteiger partial charge is 0.351 e. The number of rotatable bonds is 7. The number of carbonyl (C=O) groups excluding carboxylic acids is 1. The van der Waals surface area contributed by atoms with E-state index in [-0.39, 0.29) is 11.7 Å². The highest BCUT2D eigenvalue weighted by atomic mass is 32.1. The van der Waals surface area contributed by atoms with Crippen molar-refractivity contribution in [3.05, 3.63) is 40.8 Å². The predicted octanol–water partition coefficient (Wildman–Crippen LogP) is 4.20. The first-order valence-corrected chi connectivity index (χ1v) is 10.1. The van der Waals surface area contributed by atoms with Crippen molar-refractivity contribution in [1.82, 2.24) is 15.0 Å². The molecule has 0 N–H and O–H groups in total. The molecule has 0 atom stereocenters. The molecule has 1 aromatic carbocycles. The van der Waals surface area contributed by atoms with Crippen molar-refractivity contribution in [3.63, 3.8) is 0 Å². The Balaban J connectivity index is 1.99. The van der Waals surface area contributed by atoms with Crippen molar-refractivity contribution >= 4 is 32.6 Å². The standard InChI is InChI=1S/C20H26N4O2S/c1-6-23(7-2)10-11-24(19(25)16-12-15(5)22-26-16)20-21-17-13(3)8-9-14(4)18(17)27-20/h8-9,12H,6-7,10-11H2,1-5H3. The number of thiazole rings is 1. The van der Waals surface area contributed by atoms with E-state index in [1.165, 1.54) is 5.56 Å². The molecule has 0 aliphatic rings. The van der Waals surface area contributed by atoms with Crippen LogP contribution in [0, 0.1) is 20.8 Å². The Kier molecular flexibility index (Phi) is 5.92. The van der Waals surface area contributed by atoms with Crippen LogP contribution in [0.4, 0.5) is 5.13 Å². The summed E-state index contributed by atoms with van der Waals surface area (Å²) in [5.74, 6) is 0.0527. The molecule has 144 valence electrons. The fourth-order valence-electron chi connectivity index (χ4n) is 3.03. The Labute approximate surface area is 163 Å². The quantitative estimate of drug-likeness (QED) is 0.609. The van der Waals surface area contributed by atoms with Crippen LogP contribution < -0.4 is 4.90 Å². The fourth-order valence-corrected chi connectivity index (χ4v) is 4.16. The van der Waals surface area contributed by atoms with Gasteiger partial charge in [0.15, 0.2) is 5.13 Å². The zero-order valence-corrected chi connectivity index (χ0v) is 17.4. The second-order valence-electron chi connectivity index (χ2n) is 6.69. The molecule has 0 radical (unpaired) electrons. The molecule has 0 unspecified atom stereocenters. The van der Waals surface area contributed by atoms with Gasteiger partial charge in [-0.15, -0.1) is 0 Å². The highest BCUT2D eigenvalue weighted by Crippen LogP contribution is 2.33. The van der Waals surface area contributed by atoms with Crippen molar-refractivity contribution in [2.24, 2.45) is 0 Å². The van der Waals surface area contributed by atoms with Crippen LogP contribution >= 0.6 is 11.3 Å². The van der Waals surface area contributed by atoms with Crippen LogP contribution in [0.15, 0.2) is 22.7 Å². The lowest BCUT2D eigenvalue weighted by molar-refractivity contribution is 0.0948. The van der Waals surface area contributed by atoms with Crippen molar-refractivity contribution < 1.29 is 9.32 Å². The molecule has 6 nitrogen and oxygen atoms in total. The number of aryl methyl sites for hydroxylation is 3. The normalized spacial score (nSPS) is 11.5. The van der Waals surface area contributed by atoms with Gasteiger partial charge in [-0.3, -0.25) is 9.69 Å². The third kappa shape index (κ3) is 4.04. The smallest absolute Gasteiger partial charge is 0.298 e. The SMILES string of the molecule is CCN(CC)CCN(C(=O)c1cc(C)no1)c1nc2c(C)ccc(C)c2s1. The monoisotopic (exact) mass is 386 g/mol. The zero-order valence-electron chi connectivity index (χ0n) is 16.6. The van der Waals surface area contributed by atoms with Gasteiger partial charge in [-0.05, 0) is 45.0 Å². The molecule has 3 aromatic rings. The van der Waals surface area contributed by atoms with E-state index in [9.17, 15) is 4.79 Å². The van der Waals surface area contributed by atoms with E-state index in [0.717, 1.165) is 35.4 Å². The molecular weight excluding hydrogens is 360 g/mol. The Morgan fingerprint density at radius 2 is 1.81 bits per heavy atom. The molecule has 0 aliphatic heterocycles. The minimum Gasteiger partial charge on any atom is -0.351 e. The minimum absolute atomic E-state index is 0.197. The van der Waals surface area contributed by atoms with Crippen LogP contribution in [0.3, 0.4) is 0 Å². The van der Waals surface area contributed by atoms with Crippen molar-refractivity contribution in [2.75, 3.05) is 31.1 Å². The Hall–Kier alpha value is -2.25. The Morgan fingerprint density at radius 1 is 1.11 bits per heavy atom. The number of fused-ring (bicyclic) bond motifs is 1. The van der Waals surface area contributed by atoms with Crippen molar-refractivity contribution in [1.29, 1.82) is 0 Å². The predicted molar refractivity (Wildman–Crippen MR) is 110 cm³/mol. The molecule has 2 aromatic heterocycles. The Morgan fingerprint density at radius 3 is 2.41 bits per heavy atom. The molecule has 27 heavy (non-hydrogen) atoms. The summed E-state index contributed by atoms with van der Waals surface area (Å²) >= 11 is 1.56. The average Bonchev–Trinajstić information content (AvgIpc) is 3.29. The van der Waals surface area contributed by atoms with E-state index >= 15 is 0 Å². The molecule has 0 bridgehead atoms. The summed E-state index contributed by atoms with van der Waals surface area (Å²) < 4.78 is 6.36. The number of hydrogen-bond acceptors (Lipinski definition) is 6. The van der Waals surface area contributed by atoms with E-state index < -0.39 is 0 Å². The van der Waals surface area contributed by atoms with E-state index in [1.807, 2.05) is 13.8 Å². The number of aromatic nitrogens is 2. The van der Waals surface area contributed by atoms with E-state index in [1.54, 1.807) is 22.3 Å². The van der Waals surface area contributed by atoms with E-state index in [4.69, 9.17) is 9.51 Å². The van der Waals surface area contributed by atoms with Crippen molar-refractivity contribution in [3.8, 4) is 0 Å². The van der Waals surface area contributed by atoms with Crippen LogP contribution in [-0.4, -0.2) is 47.1 Å². The number of hydrogen-bond donors (Lipinski definition) is 0. The van der Waals surface area contributed by atoms with Crippen molar-refractivity contribution in [2.45, 2.75) is 34.6 Å². The number of carbonyl (C=O) groups is 1. The van der Waals surface area contributed by atoms with Gasteiger partial charge in [-0.25, -0.2) is 4.98 Å². The van der Waals surface area contributed by atoms with E-state index in [0.29, 0.717) is 17.4 Å². The number of nitrogens with zero attached hydrogens (tertiary/aromatic N) is 4. The number of amides is 1. The van der Waals surface area contributed by atoms with Gasteiger partial charge >= 0.3 is 0 Å². The maximum Gasteiger partial charge on any atom is 0.298 e. The second-order valence-corrected chi connectivity index (χ2v) is 7.67. The van der Waals surface area contributed by atoms with Crippen LogP contribution in [-0.2, 0) is 0 Å². The third-order valence-corrected chi connectivity index (χ3v) is 5.99. The first-order valence-electron chi connectivity index (χ1n) is 9.28. The average molecular weight is 387 g/mol. The third-order valence-electron chi connectivity index (χ3n) is 4.78. The Bertz CT molecular complexity index is 904. The van der Waals surface area contributed by atoms with Gasteiger partial charge in [0.25, 0.3) is 5.91 Å². The summed E-state index contributed by atoms with van der Waals surface area (Å²) in [7, 11) is 0. The molecule has 0 saturated heterocycles. The van der Waals surface area contributed by atoms with Crippen LogP contribution in [0.2, 0.25) is 0 Å². The van der Waals surface area contributed by atoms with Crippen LogP contribution in [0.5, 0.6) is 0 Å². The highest BCUT2D eigenvalue weighted by molar-refractivity contribution is 7.22. The topological polar surface area (TPSA) is 62.5 Å². The molecular formula is C20H26N4O2S. The lowest BCUT2D eigenvalue weighted by atomic mass is 10.1. The summed E-state index contributed by atoms with van der Waals surface area (Å²) in [6.07, 6.45) is 0. The van der Waals surface area contributed by atoms with Gasteiger partial charge in [-0.1, -0.05) is 42.5 Å². The fraction of sp³-hybridized carbons (Fsp3) is 0.450. The number of anilines is 1. The summed E-state index contributed by atoms with van der Waals surface area (Å²) in [6, 6.07) is 5.85. The molecule has 1 amide bonds. The highest BCUT2D eigenvalue weighted by Gasteiger charge is 2.25. The lowest BCUT2D eigenvalue weighted by Gasteiger charge is -2.23. The van der Waals surface area contributed by atoms with Gasteiger partial charge in [0, 0.05) is 19.2 Å². The first kappa shape index (κ1) is 19.5. The lowest BCUT2D eigenvalue weighted by Crippen LogP contribution is -2.38. The first-order chi connectivity index (χ1) is 12.9. The van der Waals surface area contributed by atoms with E-state index in [2.05, 4.69) is 43.0 Å². The summed E-state index contributed by atoms with van der Waals surface area (Å²) in [6.45, 7) is 13.4. The summed E-state index contributed by atoms with van der Waals surface area (Å²) in [5.41, 5.74) is 3.94. The minimum atomic E-state index is -0.197. The summed E-state index contributed by atoms with van der Waals surface area (Å²) in [5, 5.41) is 4.56. The maximum atomic E-state index is 13.1. The van der Waals surface area contributed by atoms with Crippen LogP contribution in [0.1, 0.15) is 41.2 Å². The van der Waals surface area contributed by atoms with Gasteiger partial charge < -0.3 is 9.42 Å². The molecule has 3 rings (SSSR count). The van der Waals surface area contributed by atoms with Gasteiger partial charge in [-0.2, -0.15) is 0 Å². The molecule has 0 aliphatic carbocycles. The molecule has 0 fully saturated rings. The molecule has 7 heteroatoms. The van der Waals surface area contributed by atoms with Gasteiger partial charge in [0.05, 0.1) is 15.9 Å². The second kappa shape index (κ2) is 8.19. The van der Waals surface area contributed by atoms with Gasteiger partial charge in [0.1, 0.15) is 0 Å².